The van der Waals surface area contributed by atoms with Gasteiger partial charge >= 0.3 is 6.03 Å². The number of carbonyl (C=O) groups excluding carboxylic acids is 2. The molecule has 22 heavy (non-hydrogen) atoms. The van der Waals surface area contributed by atoms with Crippen LogP contribution in [0.5, 0.6) is 5.75 Å². The minimum atomic E-state index is -0.459. The second-order valence-corrected chi connectivity index (χ2v) is 5.22. The van der Waals surface area contributed by atoms with Gasteiger partial charge in [0.25, 0.3) is 6.47 Å². The van der Waals surface area contributed by atoms with Crippen molar-refractivity contribution in [3.05, 3.63) is 52.0 Å². The van der Waals surface area contributed by atoms with Gasteiger partial charge in [0.05, 0.1) is 10.0 Å². The number of rotatable bonds is 4. The van der Waals surface area contributed by atoms with Gasteiger partial charge in [0.15, 0.2) is 0 Å². The molecule has 0 spiro atoms. The van der Waals surface area contributed by atoms with Crippen molar-refractivity contribution in [2.75, 3.05) is 10.6 Å². The first kappa shape index (κ1) is 16.1. The molecule has 0 unspecified atom stereocenters. The normalized spacial score (nSPS) is 9.95. The van der Waals surface area contributed by atoms with Gasteiger partial charge in [-0.25, -0.2) is 4.79 Å². The third-order valence-corrected chi connectivity index (χ3v) is 3.54. The summed E-state index contributed by atoms with van der Waals surface area (Å²) in [4.78, 5) is 22.3. The van der Waals surface area contributed by atoms with Crippen molar-refractivity contribution >= 4 is 47.1 Å². The van der Waals surface area contributed by atoms with E-state index in [1.165, 1.54) is 0 Å². The maximum atomic E-state index is 11.9. The molecule has 0 fully saturated rings. The van der Waals surface area contributed by atoms with Crippen LogP contribution < -0.4 is 15.4 Å². The van der Waals surface area contributed by atoms with Gasteiger partial charge in [-0.3, -0.25) is 4.79 Å². The molecule has 0 aliphatic heterocycles. The lowest BCUT2D eigenvalue weighted by Gasteiger charge is -2.10. The summed E-state index contributed by atoms with van der Waals surface area (Å²) in [6.45, 7) is 2.13. The molecule has 2 aromatic rings. The number of urea groups is 1. The summed E-state index contributed by atoms with van der Waals surface area (Å²) in [6.07, 6.45) is 0. The Morgan fingerprint density at radius 1 is 1.05 bits per heavy atom. The summed E-state index contributed by atoms with van der Waals surface area (Å²) in [5.74, 6) is 0.377. The third-order valence-electron chi connectivity index (χ3n) is 2.80. The maximum Gasteiger partial charge on any atom is 0.323 e. The monoisotopic (exact) mass is 338 g/mol. The van der Waals surface area contributed by atoms with E-state index in [0.717, 1.165) is 5.56 Å². The van der Waals surface area contributed by atoms with Crippen molar-refractivity contribution in [3.8, 4) is 5.75 Å². The number of carbonyl (C=O) groups is 2. The van der Waals surface area contributed by atoms with Gasteiger partial charge < -0.3 is 15.4 Å². The van der Waals surface area contributed by atoms with Crippen LogP contribution in [0, 0.1) is 6.92 Å². The summed E-state index contributed by atoms with van der Waals surface area (Å²) in [6, 6.07) is 9.28. The average Bonchev–Trinajstić information content (AvgIpc) is 2.47. The highest BCUT2D eigenvalue weighted by Gasteiger charge is 2.07. The molecule has 2 amide bonds. The van der Waals surface area contributed by atoms with Crippen LogP contribution in [0.3, 0.4) is 0 Å². The van der Waals surface area contributed by atoms with Gasteiger partial charge in [-0.15, -0.1) is 0 Å². The molecule has 0 aromatic heterocycles. The molecule has 0 heterocycles. The molecule has 114 valence electrons. The van der Waals surface area contributed by atoms with Crippen LogP contribution in [0.2, 0.25) is 10.0 Å². The Labute approximate surface area is 137 Å². The molecule has 0 atom stereocenters. The summed E-state index contributed by atoms with van der Waals surface area (Å²) < 4.78 is 4.82. The van der Waals surface area contributed by atoms with E-state index < -0.39 is 6.03 Å². The topological polar surface area (TPSA) is 67.4 Å². The van der Waals surface area contributed by atoms with Crippen LogP contribution in [0.1, 0.15) is 5.56 Å². The second-order valence-electron chi connectivity index (χ2n) is 4.40. The van der Waals surface area contributed by atoms with E-state index in [1.807, 2.05) is 0 Å². The van der Waals surface area contributed by atoms with Crippen molar-refractivity contribution in [2.24, 2.45) is 0 Å². The molecule has 0 bridgehead atoms. The van der Waals surface area contributed by atoms with Crippen molar-refractivity contribution in [2.45, 2.75) is 6.92 Å². The average molecular weight is 339 g/mol. The zero-order chi connectivity index (χ0) is 16.1. The summed E-state index contributed by atoms with van der Waals surface area (Å²) in [5.41, 5.74) is 1.77. The summed E-state index contributed by atoms with van der Waals surface area (Å²) in [5, 5.41) is 6.00. The number of hydrogen-bond acceptors (Lipinski definition) is 3. The van der Waals surface area contributed by atoms with Crippen molar-refractivity contribution in [1.82, 2.24) is 0 Å². The van der Waals surface area contributed by atoms with Crippen LogP contribution in [0.4, 0.5) is 16.2 Å². The van der Waals surface area contributed by atoms with Crippen LogP contribution >= 0.6 is 23.2 Å². The molecule has 2 aromatic carbocycles. The Balaban J connectivity index is 2.06. The molecular formula is C15H12Cl2N2O3. The van der Waals surface area contributed by atoms with Crippen LogP contribution in [-0.4, -0.2) is 12.5 Å². The number of ether oxygens (including phenoxy) is 1. The number of nitrogens with one attached hydrogen (secondary N) is 2. The van der Waals surface area contributed by atoms with E-state index in [1.54, 1.807) is 43.3 Å². The maximum absolute atomic E-state index is 11.9. The lowest BCUT2D eigenvalue weighted by Crippen LogP contribution is -2.19. The molecule has 0 aliphatic rings. The minimum absolute atomic E-state index is 0.335. The molecule has 0 aliphatic carbocycles. The minimum Gasteiger partial charge on any atom is -0.428 e. The van der Waals surface area contributed by atoms with Crippen LogP contribution in [0.15, 0.2) is 36.4 Å². The summed E-state index contributed by atoms with van der Waals surface area (Å²) >= 11 is 11.7. The smallest absolute Gasteiger partial charge is 0.323 e. The number of anilines is 2. The lowest BCUT2D eigenvalue weighted by atomic mass is 10.2. The quantitative estimate of drug-likeness (QED) is 0.807. The second kappa shape index (κ2) is 7.15. The van der Waals surface area contributed by atoms with Crippen LogP contribution in [-0.2, 0) is 4.79 Å². The predicted molar refractivity (Wildman–Crippen MR) is 87.0 cm³/mol. The van der Waals surface area contributed by atoms with Gasteiger partial charge in [0, 0.05) is 17.4 Å². The van der Waals surface area contributed by atoms with E-state index in [-0.39, 0.29) is 0 Å². The Morgan fingerprint density at radius 2 is 1.68 bits per heavy atom. The third kappa shape index (κ3) is 4.13. The molecule has 5 nitrogen and oxygen atoms in total. The first-order chi connectivity index (χ1) is 10.5. The van der Waals surface area contributed by atoms with Gasteiger partial charge in [-0.1, -0.05) is 29.3 Å². The highest BCUT2D eigenvalue weighted by atomic mass is 35.5. The van der Waals surface area contributed by atoms with Crippen molar-refractivity contribution in [1.29, 1.82) is 0 Å². The highest BCUT2D eigenvalue weighted by molar-refractivity contribution is 6.42. The van der Waals surface area contributed by atoms with Gasteiger partial charge in [0.2, 0.25) is 0 Å². The Bertz CT molecular complexity index is 720. The van der Waals surface area contributed by atoms with Gasteiger partial charge in [-0.05, 0) is 36.8 Å². The van der Waals surface area contributed by atoms with Gasteiger partial charge in [-0.2, -0.15) is 0 Å². The lowest BCUT2D eigenvalue weighted by molar-refractivity contribution is -0.120. The Morgan fingerprint density at radius 3 is 2.32 bits per heavy atom. The fourth-order valence-corrected chi connectivity index (χ4v) is 2.02. The van der Waals surface area contributed by atoms with Gasteiger partial charge in [0.1, 0.15) is 5.75 Å². The Kier molecular flexibility index (Phi) is 5.25. The number of aryl methyl sites for hydroxylation is 1. The van der Waals surface area contributed by atoms with Crippen LogP contribution in [0.25, 0.3) is 0 Å². The van der Waals surface area contributed by atoms with E-state index in [9.17, 15) is 9.59 Å². The number of amides is 2. The van der Waals surface area contributed by atoms with E-state index in [4.69, 9.17) is 27.9 Å². The van der Waals surface area contributed by atoms with E-state index in [0.29, 0.717) is 33.6 Å². The fraction of sp³-hybridized carbons (Fsp3) is 0.0667. The first-order valence-electron chi connectivity index (χ1n) is 6.23. The number of hydrogen-bond donors (Lipinski definition) is 2. The molecule has 2 rings (SSSR count). The molecule has 7 heteroatoms. The SMILES string of the molecule is Cc1ccc(NC(=O)Nc2ccc(Cl)c(Cl)c2)cc1OC=O. The first-order valence-corrected chi connectivity index (χ1v) is 6.99. The summed E-state index contributed by atoms with van der Waals surface area (Å²) in [7, 11) is 0. The van der Waals surface area contributed by atoms with Crippen molar-refractivity contribution in [3.63, 3.8) is 0 Å². The number of halogens is 2. The fourth-order valence-electron chi connectivity index (χ4n) is 1.72. The number of benzene rings is 2. The van der Waals surface area contributed by atoms with E-state index >= 15 is 0 Å². The zero-order valence-electron chi connectivity index (χ0n) is 11.5. The standard InChI is InChI=1S/C15H12Cl2N2O3/c1-9-2-3-11(7-14(9)22-8-20)19-15(21)18-10-4-5-12(16)13(17)6-10/h2-8H,1H3,(H2,18,19,21). The Hall–Kier alpha value is -2.24. The van der Waals surface area contributed by atoms with E-state index in [2.05, 4.69) is 10.6 Å². The molecule has 0 saturated carbocycles. The molecule has 0 saturated heterocycles. The van der Waals surface area contributed by atoms with Crippen molar-refractivity contribution < 1.29 is 14.3 Å². The zero-order valence-corrected chi connectivity index (χ0v) is 13.0. The largest absolute Gasteiger partial charge is 0.428 e. The molecule has 2 N–H and O–H groups in total. The highest BCUT2D eigenvalue weighted by Crippen LogP contribution is 2.25. The molecule has 0 radical (unpaired) electrons. The molecular weight excluding hydrogens is 327 g/mol. The predicted octanol–water partition coefficient (Wildman–Crippen LogP) is 4.48.